The van der Waals surface area contributed by atoms with E-state index in [1.165, 1.54) is 36.8 Å². The molecule has 1 spiro atoms. The summed E-state index contributed by atoms with van der Waals surface area (Å²) in [4.78, 5) is 10.6. The molecule has 1 fully saturated rings. The average molecular weight is 369 g/mol. The average Bonchev–Trinajstić information content (AvgIpc) is 3.17. The molecule has 0 amide bonds. The van der Waals surface area contributed by atoms with Gasteiger partial charge in [-0.25, -0.2) is 0 Å². The molecule has 0 radical (unpaired) electrons. The van der Waals surface area contributed by atoms with Gasteiger partial charge in [0.2, 0.25) is 0 Å². The Hall–Kier alpha value is -2.60. The van der Waals surface area contributed by atoms with Crippen LogP contribution in [0, 0.1) is 10.1 Å². The van der Waals surface area contributed by atoms with Crippen molar-refractivity contribution in [1.29, 1.82) is 0 Å². The first-order chi connectivity index (χ1) is 13.1. The number of nitro benzene ring substituents is 1. The molecular weight excluding hydrogens is 344 g/mol. The molecule has 1 heterocycles. The Kier molecular flexibility index (Phi) is 4.52. The largest absolute Gasteiger partial charge is 0.493 e. The Balaban J connectivity index is 1.83. The molecule has 0 bridgehead atoms. The van der Waals surface area contributed by atoms with Gasteiger partial charge in [0.25, 0.3) is 5.69 Å². The standard InChI is InChI=1S/C21H24N2O4/c1-26-18-11-16-17(12-19(18)27-2)21(9-3-4-10-21)13-22-20(16)14-5-7-15(8-6-14)23(24)25/h5-8,11-12,20,22H,3-4,9-10,13H2,1-2H3/p+1/t20-/m1/s1. The van der Waals surface area contributed by atoms with Crippen LogP contribution in [-0.4, -0.2) is 25.7 Å². The third kappa shape index (κ3) is 2.94. The fourth-order valence-corrected chi connectivity index (χ4v) is 4.84. The number of quaternary nitrogens is 1. The van der Waals surface area contributed by atoms with Gasteiger partial charge in [-0.05, 0) is 42.7 Å². The Labute approximate surface area is 158 Å². The van der Waals surface area contributed by atoms with E-state index >= 15 is 0 Å². The predicted octanol–water partition coefficient (Wildman–Crippen LogP) is 3.09. The summed E-state index contributed by atoms with van der Waals surface area (Å²) in [7, 11) is 3.33. The first-order valence-electron chi connectivity index (χ1n) is 9.42. The zero-order valence-electron chi connectivity index (χ0n) is 15.7. The molecule has 1 aliphatic carbocycles. The maximum Gasteiger partial charge on any atom is 0.269 e. The van der Waals surface area contributed by atoms with Gasteiger partial charge in [0.05, 0.1) is 25.7 Å². The van der Waals surface area contributed by atoms with E-state index in [1.807, 2.05) is 12.1 Å². The van der Waals surface area contributed by atoms with Crippen LogP contribution in [0.2, 0.25) is 0 Å². The van der Waals surface area contributed by atoms with E-state index in [0.29, 0.717) is 0 Å². The predicted molar refractivity (Wildman–Crippen MR) is 101 cm³/mol. The van der Waals surface area contributed by atoms with Crippen molar-refractivity contribution in [2.24, 2.45) is 0 Å². The lowest BCUT2D eigenvalue weighted by molar-refractivity contribution is -0.698. The number of fused-ring (bicyclic) bond motifs is 2. The van der Waals surface area contributed by atoms with E-state index in [4.69, 9.17) is 9.47 Å². The van der Waals surface area contributed by atoms with Crippen LogP contribution in [0.25, 0.3) is 0 Å². The SMILES string of the molecule is COc1cc2c(cc1OC)C1(CCCC1)C[NH2+][C@@H]2c1ccc([N+](=O)[O-])cc1. The summed E-state index contributed by atoms with van der Waals surface area (Å²) in [6.07, 6.45) is 4.89. The van der Waals surface area contributed by atoms with E-state index in [-0.39, 0.29) is 22.1 Å². The van der Waals surface area contributed by atoms with E-state index in [0.717, 1.165) is 23.6 Å². The van der Waals surface area contributed by atoms with Crippen LogP contribution in [0.1, 0.15) is 48.4 Å². The van der Waals surface area contributed by atoms with Crippen molar-refractivity contribution in [3.63, 3.8) is 0 Å². The number of methoxy groups -OCH3 is 2. The van der Waals surface area contributed by atoms with Gasteiger partial charge >= 0.3 is 0 Å². The third-order valence-electron chi connectivity index (χ3n) is 6.23. The molecule has 4 rings (SSSR count). The van der Waals surface area contributed by atoms with Gasteiger partial charge in [-0.1, -0.05) is 12.8 Å². The molecule has 2 aromatic rings. The topological polar surface area (TPSA) is 78.2 Å². The molecule has 6 nitrogen and oxygen atoms in total. The highest BCUT2D eigenvalue weighted by Gasteiger charge is 2.45. The number of nitro groups is 1. The number of ether oxygens (including phenoxy) is 2. The number of hydrogen-bond acceptors (Lipinski definition) is 4. The number of rotatable bonds is 4. The summed E-state index contributed by atoms with van der Waals surface area (Å²) in [5.41, 5.74) is 3.96. The van der Waals surface area contributed by atoms with Crippen molar-refractivity contribution in [1.82, 2.24) is 0 Å². The number of nitrogens with two attached hydrogens (primary N) is 1. The van der Waals surface area contributed by atoms with Gasteiger partial charge in [0, 0.05) is 28.7 Å². The minimum absolute atomic E-state index is 0.104. The van der Waals surface area contributed by atoms with Crippen LogP contribution in [0.4, 0.5) is 5.69 Å². The monoisotopic (exact) mass is 369 g/mol. The Bertz CT molecular complexity index is 857. The van der Waals surface area contributed by atoms with Crippen LogP contribution in [0.5, 0.6) is 11.5 Å². The second-order valence-corrected chi connectivity index (χ2v) is 7.55. The summed E-state index contributed by atoms with van der Waals surface area (Å²) in [5.74, 6) is 1.50. The van der Waals surface area contributed by atoms with Gasteiger partial charge in [-0.3, -0.25) is 10.1 Å². The molecule has 2 N–H and O–H groups in total. The highest BCUT2D eigenvalue weighted by molar-refractivity contribution is 5.53. The minimum Gasteiger partial charge on any atom is -0.493 e. The van der Waals surface area contributed by atoms with Crippen LogP contribution in [-0.2, 0) is 5.41 Å². The van der Waals surface area contributed by atoms with Gasteiger partial charge in [-0.2, -0.15) is 0 Å². The van der Waals surface area contributed by atoms with E-state index in [9.17, 15) is 10.1 Å². The van der Waals surface area contributed by atoms with Gasteiger partial charge in [0.15, 0.2) is 11.5 Å². The highest BCUT2D eigenvalue weighted by atomic mass is 16.6. The molecule has 2 aliphatic rings. The van der Waals surface area contributed by atoms with E-state index in [2.05, 4.69) is 17.4 Å². The summed E-state index contributed by atoms with van der Waals surface area (Å²) >= 11 is 0. The normalized spacial score (nSPS) is 20.3. The fraction of sp³-hybridized carbons (Fsp3) is 0.429. The lowest BCUT2D eigenvalue weighted by atomic mass is 9.71. The number of benzene rings is 2. The fourth-order valence-electron chi connectivity index (χ4n) is 4.84. The summed E-state index contributed by atoms with van der Waals surface area (Å²) in [5, 5.41) is 13.4. The maximum atomic E-state index is 11.0. The second-order valence-electron chi connectivity index (χ2n) is 7.55. The van der Waals surface area contributed by atoms with Crippen molar-refractivity contribution < 1.29 is 19.7 Å². The first kappa shape index (κ1) is 17.8. The van der Waals surface area contributed by atoms with Gasteiger partial charge in [-0.15, -0.1) is 0 Å². The lowest BCUT2D eigenvalue weighted by Crippen LogP contribution is -2.90. The zero-order valence-corrected chi connectivity index (χ0v) is 15.7. The van der Waals surface area contributed by atoms with Crippen molar-refractivity contribution in [3.05, 3.63) is 63.2 Å². The van der Waals surface area contributed by atoms with Gasteiger partial charge in [0.1, 0.15) is 6.04 Å². The van der Waals surface area contributed by atoms with Crippen LogP contribution in [0.15, 0.2) is 36.4 Å². The second kappa shape index (κ2) is 6.85. The van der Waals surface area contributed by atoms with Crippen LogP contribution >= 0.6 is 0 Å². The molecule has 0 aromatic heterocycles. The number of non-ortho nitro benzene ring substituents is 1. The molecule has 1 atom stereocenters. The van der Waals surface area contributed by atoms with Gasteiger partial charge < -0.3 is 14.8 Å². The molecule has 27 heavy (non-hydrogen) atoms. The molecule has 6 heteroatoms. The van der Waals surface area contributed by atoms with Crippen LogP contribution in [0.3, 0.4) is 0 Å². The summed E-state index contributed by atoms with van der Waals surface area (Å²) < 4.78 is 11.1. The molecule has 142 valence electrons. The number of hydrogen-bond donors (Lipinski definition) is 1. The maximum absolute atomic E-state index is 11.0. The van der Waals surface area contributed by atoms with Crippen LogP contribution < -0.4 is 14.8 Å². The van der Waals surface area contributed by atoms with Crippen molar-refractivity contribution in [3.8, 4) is 11.5 Å². The minimum atomic E-state index is -0.357. The Morgan fingerprint density at radius 3 is 2.30 bits per heavy atom. The van der Waals surface area contributed by atoms with Crippen molar-refractivity contribution in [2.45, 2.75) is 37.1 Å². The van der Waals surface area contributed by atoms with Crippen molar-refractivity contribution >= 4 is 5.69 Å². The lowest BCUT2D eigenvalue weighted by Gasteiger charge is -2.38. The van der Waals surface area contributed by atoms with E-state index < -0.39 is 0 Å². The highest BCUT2D eigenvalue weighted by Crippen LogP contribution is 2.48. The van der Waals surface area contributed by atoms with E-state index in [1.54, 1.807) is 26.4 Å². The molecule has 2 aromatic carbocycles. The quantitative estimate of drug-likeness (QED) is 0.664. The summed E-state index contributed by atoms with van der Waals surface area (Å²) in [6.45, 7) is 1.02. The third-order valence-corrected chi connectivity index (χ3v) is 6.23. The summed E-state index contributed by atoms with van der Waals surface area (Å²) in [6, 6.07) is 11.3. The smallest absolute Gasteiger partial charge is 0.269 e. The Morgan fingerprint density at radius 1 is 1.07 bits per heavy atom. The van der Waals surface area contributed by atoms with Crippen molar-refractivity contribution in [2.75, 3.05) is 20.8 Å². The molecule has 1 saturated carbocycles. The molecule has 1 aliphatic heterocycles. The zero-order chi connectivity index (χ0) is 19.0. The molecule has 0 unspecified atom stereocenters. The first-order valence-corrected chi connectivity index (χ1v) is 9.42. The Morgan fingerprint density at radius 2 is 1.70 bits per heavy atom. The molecule has 0 saturated heterocycles. The molecular formula is C21H25N2O4+. The number of nitrogens with zero attached hydrogens (tertiary/aromatic N) is 1.